The Morgan fingerprint density at radius 1 is 0.923 bits per heavy atom. The SMILES string of the molecule is Cc1cc(CN[C@H](Cc2ccccc2)c2ccccc2)nc(N(C)C)n1. The summed E-state index contributed by atoms with van der Waals surface area (Å²) in [5, 5.41) is 3.69. The van der Waals surface area contributed by atoms with Gasteiger partial charge < -0.3 is 10.2 Å². The van der Waals surface area contributed by atoms with E-state index < -0.39 is 0 Å². The fourth-order valence-corrected chi connectivity index (χ4v) is 2.98. The zero-order valence-electron chi connectivity index (χ0n) is 15.7. The molecule has 0 aliphatic heterocycles. The predicted octanol–water partition coefficient (Wildman–Crippen LogP) is 3.92. The highest BCUT2D eigenvalue weighted by molar-refractivity contribution is 5.30. The Hall–Kier alpha value is -2.72. The molecule has 0 amide bonds. The van der Waals surface area contributed by atoms with Gasteiger partial charge in [-0.1, -0.05) is 60.7 Å². The molecule has 134 valence electrons. The van der Waals surface area contributed by atoms with Crippen molar-refractivity contribution in [2.45, 2.75) is 25.9 Å². The lowest BCUT2D eigenvalue weighted by atomic mass is 9.99. The van der Waals surface area contributed by atoms with Gasteiger partial charge in [0.05, 0.1) is 5.69 Å². The fourth-order valence-electron chi connectivity index (χ4n) is 2.98. The van der Waals surface area contributed by atoms with E-state index in [1.807, 2.05) is 32.0 Å². The highest BCUT2D eigenvalue weighted by Gasteiger charge is 2.13. The van der Waals surface area contributed by atoms with E-state index in [0.29, 0.717) is 6.54 Å². The van der Waals surface area contributed by atoms with Crippen LogP contribution < -0.4 is 10.2 Å². The van der Waals surface area contributed by atoms with Crippen LogP contribution in [0.4, 0.5) is 5.95 Å². The minimum absolute atomic E-state index is 0.233. The van der Waals surface area contributed by atoms with Gasteiger partial charge in [0.25, 0.3) is 0 Å². The normalized spacial score (nSPS) is 12.0. The zero-order valence-corrected chi connectivity index (χ0v) is 15.7. The molecule has 0 bridgehead atoms. The van der Waals surface area contributed by atoms with Gasteiger partial charge in [-0.2, -0.15) is 0 Å². The molecule has 2 aromatic carbocycles. The first-order valence-electron chi connectivity index (χ1n) is 8.96. The van der Waals surface area contributed by atoms with Crippen LogP contribution in [-0.2, 0) is 13.0 Å². The van der Waals surface area contributed by atoms with Crippen molar-refractivity contribution >= 4 is 5.95 Å². The van der Waals surface area contributed by atoms with Crippen molar-refractivity contribution in [2.24, 2.45) is 0 Å². The highest BCUT2D eigenvalue weighted by atomic mass is 15.2. The number of aryl methyl sites for hydroxylation is 1. The van der Waals surface area contributed by atoms with Gasteiger partial charge in [-0.3, -0.25) is 0 Å². The Bertz CT molecular complexity index is 816. The number of aromatic nitrogens is 2. The largest absolute Gasteiger partial charge is 0.347 e. The van der Waals surface area contributed by atoms with E-state index in [1.165, 1.54) is 11.1 Å². The quantitative estimate of drug-likeness (QED) is 0.704. The molecule has 1 aromatic heterocycles. The summed E-state index contributed by atoms with van der Waals surface area (Å²) in [4.78, 5) is 11.1. The summed E-state index contributed by atoms with van der Waals surface area (Å²) >= 11 is 0. The second kappa shape index (κ2) is 8.59. The number of hydrogen-bond acceptors (Lipinski definition) is 4. The highest BCUT2D eigenvalue weighted by Crippen LogP contribution is 2.19. The first-order valence-corrected chi connectivity index (χ1v) is 8.96. The van der Waals surface area contributed by atoms with Crippen LogP contribution >= 0.6 is 0 Å². The second-order valence-corrected chi connectivity index (χ2v) is 6.73. The van der Waals surface area contributed by atoms with Gasteiger partial charge >= 0.3 is 0 Å². The summed E-state index contributed by atoms with van der Waals surface area (Å²) in [6, 6.07) is 23.5. The summed E-state index contributed by atoms with van der Waals surface area (Å²) in [6.45, 7) is 2.72. The summed E-state index contributed by atoms with van der Waals surface area (Å²) < 4.78 is 0. The lowest BCUT2D eigenvalue weighted by Gasteiger charge is -2.20. The van der Waals surface area contributed by atoms with E-state index in [2.05, 4.69) is 75.9 Å². The Labute approximate surface area is 155 Å². The third kappa shape index (κ3) is 4.90. The third-order valence-corrected chi connectivity index (χ3v) is 4.31. The van der Waals surface area contributed by atoms with Crippen LogP contribution in [0.5, 0.6) is 0 Å². The number of nitrogens with zero attached hydrogens (tertiary/aromatic N) is 3. The van der Waals surface area contributed by atoms with E-state index in [4.69, 9.17) is 0 Å². The monoisotopic (exact) mass is 346 g/mol. The minimum Gasteiger partial charge on any atom is -0.347 e. The number of hydrogen-bond donors (Lipinski definition) is 1. The molecular weight excluding hydrogens is 320 g/mol. The average molecular weight is 346 g/mol. The molecule has 0 unspecified atom stereocenters. The van der Waals surface area contributed by atoms with E-state index in [1.54, 1.807) is 0 Å². The number of nitrogens with one attached hydrogen (secondary N) is 1. The molecule has 0 fully saturated rings. The van der Waals surface area contributed by atoms with Crippen LogP contribution in [0.1, 0.15) is 28.6 Å². The van der Waals surface area contributed by atoms with Crippen molar-refractivity contribution in [3.8, 4) is 0 Å². The smallest absolute Gasteiger partial charge is 0.225 e. The standard InChI is InChI=1S/C22H26N4/c1-17-14-20(25-22(24-17)26(2)3)16-23-21(19-12-8-5-9-13-19)15-18-10-6-4-7-11-18/h4-14,21,23H,15-16H2,1-3H3/t21-/m1/s1. The fraction of sp³-hybridized carbons (Fsp3) is 0.273. The van der Waals surface area contributed by atoms with E-state index in [-0.39, 0.29) is 6.04 Å². The van der Waals surface area contributed by atoms with Gasteiger partial charge in [0, 0.05) is 32.4 Å². The molecular formula is C22H26N4. The van der Waals surface area contributed by atoms with Crippen LogP contribution in [-0.4, -0.2) is 24.1 Å². The summed E-state index contributed by atoms with van der Waals surface area (Å²) in [5.41, 5.74) is 4.60. The zero-order chi connectivity index (χ0) is 18.4. The first kappa shape index (κ1) is 18.1. The maximum Gasteiger partial charge on any atom is 0.225 e. The van der Waals surface area contributed by atoms with E-state index in [0.717, 1.165) is 23.8 Å². The van der Waals surface area contributed by atoms with Crippen LogP contribution in [0.25, 0.3) is 0 Å². The number of anilines is 1. The van der Waals surface area contributed by atoms with E-state index in [9.17, 15) is 0 Å². The summed E-state index contributed by atoms with van der Waals surface area (Å²) in [6.07, 6.45) is 0.940. The average Bonchev–Trinajstić information content (AvgIpc) is 2.66. The van der Waals surface area contributed by atoms with Gasteiger partial charge in [-0.25, -0.2) is 9.97 Å². The molecule has 0 spiro atoms. The van der Waals surface area contributed by atoms with Crippen LogP contribution in [0, 0.1) is 6.92 Å². The van der Waals surface area contributed by atoms with Crippen molar-refractivity contribution in [2.75, 3.05) is 19.0 Å². The molecule has 1 atom stereocenters. The van der Waals surface area contributed by atoms with Crippen LogP contribution in [0.2, 0.25) is 0 Å². The topological polar surface area (TPSA) is 41.1 Å². The molecule has 0 aliphatic carbocycles. The Morgan fingerprint density at radius 3 is 2.23 bits per heavy atom. The third-order valence-electron chi connectivity index (χ3n) is 4.31. The molecule has 1 heterocycles. The van der Waals surface area contributed by atoms with Crippen LogP contribution in [0.3, 0.4) is 0 Å². The van der Waals surface area contributed by atoms with Crippen molar-refractivity contribution in [1.82, 2.24) is 15.3 Å². The van der Waals surface area contributed by atoms with Crippen LogP contribution in [0.15, 0.2) is 66.7 Å². The predicted molar refractivity (Wildman–Crippen MR) is 107 cm³/mol. The molecule has 4 heteroatoms. The number of rotatable bonds is 7. The molecule has 3 rings (SSSR count). The molecule has 1 N–H and O–H groups in total. The molecule has 0 saturated heterocycles. The second-order valence-electron chi connectivity index (χ2n) is 6.73. The summed E-state index contributed by atoms with van der Waals surface area (Å²) in [5.74, 6) is 0.751. The van der Waals surface area contributed by atoms with Crippen molar-refractivity contribution in [3.05, 3.63) is 89.2 Å². The Morgan fingerprint density at radius 2 is 1.58 bits per heavy atom. The Kier molecular flexibility index (Phi) is 5.97. The number of benzene rings is 2. The lowest BCUT2D eigenvalue weighted by molar-refractivity contribution is 0.524. The van der Waals surface area contributed by atoms with Crippen molar-refractivity contribution in [3.63, 3.8) is 0 Å². The minimum atomic E-state index is 0.233. The molecule has 26 heavy (non-hydrogen) atoms. The molecule has 0 aliphatic rings. The van der Waals surface area contributed by atoms with E-state index >= 15 is 0 Å². The van der Waals surface area contributed by atoms with Gasteiger partial charge in [0.15, 0.2) is 0 Å². The molecule has 4 nitrogen and oxygen atoms in total. The molecule has 0 saturated carbocycles. The maximum atomic E-state index is 4.66. The lowest BCUT2D eigenvalue weighted by Crippen LogP contribution is -2.24. The van der Waals surface area contributed by atoms with Gasteiger partial charge in [0.2, 0.25) is 5.95 Å². The van der Waals surface area contributed by atoms with Gasteiger partial charge in [-0.15, -0.1) is 0 Å². The van der Waals surface area contributed by atoms with Crippen molar-refractivity contribution < 1.29 is 0 Å². The molecule has 3 aromatic rings. The van der Waals surface area contributed by atoms with Gasteiger partial charge in [0.1, 0.15) is 0 Å². The summed E-state index contributed by atoms with van der Waals surface area (Å²) in [7, 11) is 3.93. The Balaban J connectivity index is 1.78. The van der Waals surface area contributed by atoms with Gasteiger partial charge in [-0.05, 0) is 30.5 Å². The first-order chi connectivity index (χ1) is 12.6. The molecule has 0 radical (unpaired) electrons. The van der Waals surface area contributed by atoms with Crippen molar-refractivity contribution in [1.29, 1.82) is 0 Å². The maximum absolute atomic E-state index is 4.66.